The van der Waals surface area contributed by atoms with Crippen molar-refractivity contribution in [1.82, 2.24) is 0 Å². The van der Waals surface area contributed by atoms with Gasteiger partial charge in [0.25, 0.3) is 5.91 Å². The van der Waals surface area contributed by atoms with Crippen molar-refractivity contribution in [3.63, 3.8) is 0 Å². The number of hydrogen-bond acceptors (Lipinski definition) is 4. The Morgan fingerprint density at radius 1 is 1.06 bits per heavy atom. The summed E-state index contributed by atoms with van der Waals surface area (Å²) < 4.78 is 13.5. The van der Waals surface area contributed by atoms with Gasteiger partial charge in [0.1, 0.15) is 18.2 Å². The number of nitrogens with one attached hydrogen (secondary N) is 1. The molecule has 0 radical (unpaired) electrons. The molecule has 1 amide bonds. The summed E-state index contributed by atoms with van der Waals surface area (Å²) in [6.45, 7) is 2.55. The van der Waals surface area contributed by atoms with Gasteiger partial charge in [-0.1, -0.05) is 55.6 Å². The van der Waals surface area contributed by atoms with Crippen molar-refractivity contribution < 1.29 is 14.3 Å². The molecule has 0 spiro atoms. The molecule has 0 aliphatic rings. The van der Waals surface area contributed by atoms with Crippen LogP contribution in [0.25, 0.3) is 6.08 Å². The molecule has 0 fully saturated rings. The minimum Gasteiger partial charge on any atom is -0.490 e. The van der Waals surface area contributed by atoms with Crippen LogP contribution in [0.4, 0.5) is 5.69 Å². The molecular formula is C25H19Br2ClN2O3. The van der Waals surface area contributed by atoms with Crippen LogP contribution >= 0.6 is 43.5 Å². The van der Waals surface area contributed by atoms with E-state index in [9.17, 15) is 10.1 Å². The van der Waals surface area contributed by atoms with Crippen LogP contribution in [0.2, 0.25) is 5.02 Å². The molecule has 3 rings (SSSR count). The summed E-state index contributed by atoms with van der Waals surface area (Å²) in [7, 11) is 0. The SMILES string of the molecule is CCOc1cc(/C=C(\C#N)C(=O)Nc2ccc(Br)cc2)cc(Cl)c1OCc1ccc(Br)cc1. The molecule has 0 unspecified atom stereocenters. The maximum atomic E-state index is 12.6. The van der Waals surface area contributed by atoms with Crippen molar-refractivity contribution in [3.05, 3.63) is 91.3 Å². The first-order valence-electron chi connectivity index (χ1n) is 9.92. The number of anilines is 1. The second-order valence-electron chi connectivity index (χ2n) is 6.81. The average Bonchev–Trinajstić information content (AvgIpc) is 2.79. The maximum absolute atomic E-state index is 12.6. The van der Waals surface area contributed by atoms with Crippen LogP contribution in [0.5, 0.6) is 11.5 Å². The molecule has 33 heavy (non-hydrogen) atoms. The second-order valence-corrected chi connectivity index (χ2v) is 9.05. The minimum absolute atomic E-state index is 0.0695. The van der Waals surface area contributed by atoms with Crippen molar-refractivity contribution in [3.8, 4) is 17.6 Å². The Hall–Kier alpha value is -2.79. The first-order chi connectivity index (χ1) is 15.9. The third kappa shape index (κ3) is 7.10. The molecule has 0 heterocycles. The van der Waals surface area contributed by atoms with Gasteiger partial charge in [-0.15, -0.1) is 0 Å². The summed E-state index contributed by atoms with van der Waals surface area (Å²) in [5.74, 6) is 0.305. The number of nitriles is 1. The topological polar surface area (TPSA) is 71.3 Å². The molecule has 0 aliphatic carbocycles. The molecule has 3 aromatic rings. The van der Waals surface area contributed by atoms with Gasteiger partial charge in [-0.2, -0.15) is 5.26 Å². The Labute approximate surface area is 214 Å². The number of halogens is 3. The van der Waals surface area contributed by atoms with Crippen molar-refractivity contribution in [2.45, 2.75) is 13.5 Å². The zero-order chi connectivity index (χ0) is 23.8. The lowest BCUT2D eigenvalue weighted by Crippen LogP contribution is -2.13. The van der Waals surface area contributed by atoms with Gasteiger partial charge >= 0.3 is 0 Å². The molecule has 0 atom stereocenters. The van der Waals surface area contributed by atoms with Gasteiger partial charge in [0.15, 0.2) is 11.5 Å². The van der Waals surface area contributed by atoms with Crippen molar-refractivity contribution >= 4 is 61.1 Å². The van der Waals surface area contributed by atoms with E-state index in [4.69, 9.17) is 21.1 Å². The van der Waals surface area contributed by atoms with Crippen molar-refractivity contribution in [1.29, 1.82) is 5.26 Å². The summed E-state index contributed by atoms with van der Waals surface area (Å²) in [5.41, 5.74) is 2.02. The van der Waals surface area contributed by atoms with Gasteiger partial charge in [-0.05, 0) is 72.7 Å². The molecule has 168 valence electrons. The van der Waals surface area contributed by atoms with Gasteiger partial charge in [-0.3, -0.25) is 4.79 Å². The normalized spacial score (nSPS) is 10.9. The Balaban J connectivity index is 1.83. The fourth-order valence-electron chi connectivity index (χ4n) is 2.86. The Kier molecular flexibility index (Phi) is 8.95. The standard InChI is InChI=1S/C25H19Br2ClN2O3/c1-2-32-23-13-17(11-18(14-29)25(31)30-21-9-7-20(27)8-10-21)12-22(28)24(23)33-15-16-3-5-19(26)6-4-16/h3-13H,2,15H2,1H3,(H,30,31)/b18-11+. The lowest BCUT2D eigenvalue weighted by molar-refractivity contribution is -0.112. The average molecular weight is 591 g/mol. The molecule has 0 aliphatic heterocycles. The van der Waals surface area contributed by atoms with Crippen molar-refractivity contribution in [2.24, 2.45) is 0 Å². The van der Waals surface area contributed by atoms with E-state index < -0.39 is 5.91 Å². The third-order valence-electron chi connectivity index (χ3n) is 4.41. The minimum atomic E-state index is -0.524. The zero-order valence-electron chi connectivity index (χ0n) is 17.6. The molecule has 8 heteroatoms. The van der Waals surface area contributed by atoms with Crippen LogP contribution in [-0.4, -0.2) is 12.5 Å². The summed E-state index contributed by atoms with van der Waals surface area (Å²) >= 11 is 13.2. The highest BCUT2D eigenvalue weighted by molar-refractivity contribution is 9.10. The van der Waals surface area contributed by atoms with E-state index in [1.165, 1.54) is 6.08 Å². The number of carbonyl (C=O) groups is 1. The van der Waals surface area contributed by atoms with E-state index in [2.05, 4.69) is 37.2 Å². The Morgan fingerprint density at radius 2 is 1.70 bits per heavy atom. The highest BCUT2D eigenvalue weighted by Crippen LogP contribution is 2.38. The number of rotatable bonds is 8. The Bertz CT molecular complexity index is 1200. The van der Waals surface area contributed by atoms with Crippen LogP contribution in [0.1, 0.15) is 18.1 Å². The predicted octanol–water partition coefficient (Wildman–Crippen LogP) is 7.39. The van der Waals surface area contributed by atoms with Crippen LogP contribution in [-0.2, 0) is 11.4 Å². The number of ether oxygens (including phenoxy) is 2. The lowest BCUT2D eigenvalue weighted by atomic mass is 10.1. The second kappa shape index (κ2) is 11.9. The molecule has 1 N–H and O–H groups in total. The summed E-state index contributed by atoms with van der Waals surface area (Å²) in [6, 6.07) is 20.1. The Morgan fingerprint density at radius 3 is 2.30 bits per heavy atom. The molecule has 3 aromatic carbocycles. The van der Waals surface area contributed by atoms with Crippen LogP contribution in [0.3, 0.4) is 0 Å². The fraction of sp³-hybridized carbons (Fsp3) is 0.120. The number of nitrogens with zero attached hydrogens (tertiary/aromatic N) is 1. The van der Waals surface area contributed by atoms with E-state index in [0.717, 1.165) is 14.5 Å². The lowest BCUT2D eigenvalue weighted by Gasteiger charge is -2.15. The van der Waals surface area contributed by atoms with E-state index in [-0.39, 0.29) is 5.57 Å². The quantitative estimate of drug-likeness (QED) is 0.219. The summed E-state index contributed by atoms with van der Waals surface area (Å²) in [4.78, 5) is 12.6. The summed E-state index contributed by atoms with van der Waals surface area (Å²) in [6.07, 6.45) is 1.46. The number of amides is 1. The molecule has 0 aromatic heterocycles. The van der Waals surface area contributed by atoms with Crippen LogP contribution in [0.15, 0.2) is 75.2 Å². The molecular weight excluding hydrogens is 572 g/mol. The van der Waals surface area contributed by atoms with Gasteiger partial charge in [-0.25, -0.2) is 0 Å². The molecule has 0 bridgehead atoms. The van der Waals surface area contributed by atoms with Gasteiger partial charge < -0.3 is 14.8 Å². The number of hydrogen-bond donors (Lipinski definition) is 1. The molecule has 0 saturated heterocycles. The smallest absolute Gasteiger partial charge is 0.266 e. The van der Waals surface area contributed by atoms with Gasteiger partial charge in [0.05, 0.1) is 11.6 Å². The number of benzene rings is 3. The van der Waals surface area contributed by atoms with E-state index >= 15 is 0 Å². The molecule has 0 saturated carbocycles. The largest absolute Gasteiger partial charge is 0.490 e. The maximum Gasteiger partial charge on any atom is 0.266 e. The monoisotopic (exact) mass is 588 g/mol. The predicted molar refractivity (Wildman–Crippen MR) is 137 cm³/mol. The fourth-order valence-corrected chi connectivity index (χ4v) is 3.66. The van der Waals surface area contributed by atoms with E-state index in [1.807, 2.05) is 37.3 Å². The van der Waals surface area contributed by atoms with Gasteiger partial charge in [0.2, 0.25) is 0 Å². The van der Waals surface area contributed by atoms with Gasteiger partial charge in [0, 0.05) is 14.6 Å². The third-order valence-corrected chi connectivity index (χ3v) is 5.74. The summed E-state index contributed by atoms with van der Waals surface area (Å²) in [5, 5.41) is 12.5. The highest BCUT2D eigenvalue weighted by atomic mass is 79.9. The van der Waals surface area contributed by atoms with E-state index in [0.29, 0.717) is 41.0 Å². The zero-order valence-corrected chi connectivity index (χ0v) is 21.5. The van der Waals surface area contributed by atoms with E-state index in [1.54, 1.807) is 36.4 Å². The molecule has 5 nitrogen and oxygen atoms in total. The number of carbonyl (C=O) groups excluding carboxylic acids is 1. The van der Waals surface area contributed by atoms with Crippen molar-refractivity contribution in [2.75, 3.05) is 11.9 Å². The highest BCUT2D eigenvalue weighted by Gasteiger charge is 2.15. The van der Waals surface area contributed by atoms with Crippen LogP contribution < -0.4 is 14.8 Å². The first-order valence-corrected chi connectivity index (χ1v) is 11.9. The first kappa shape index (κ1) is 24.8. The van der Waals surface area contributed by atoms with Crippen LogP contribution in [0, 0.1) is 11.3 Å².